The van der Waals surface area contributed by atoms with Crippen LogP contribution in [0.1, 0.15) is 37.4 Å². The lowest BCUT2D eigenvalue weighted by Gasteiger charge is -2.32. The molecule has 1 fully saturated rings. The highest BCUT2D eigenvalue weighted by molar-refractivity contribution is 5.88. The van der Waals surface area contributed by atoms with E-state index in [1.54, 1.807) is 18.2 Å². The van der Waals surface area contributed by atoms with Gasteiger partial charge in [0.05, 0.1) is 11.5 Å². The normalized spacial score (nSPS) is 16.6. The standard InChI is InChI=1S/C25H27F2NO2/c26-20-11-9-18(10-12-20)23(29)7-3-15-28-16-13-21(14-17-28)30-24-8-2-5-19-4-1-6-22(27)25(19)24/h1-2,4-6,8-12,21,23,29H,3,7,13-17H2. The number of likely N-dealkylation sites (tertiary alicyclic amines) is 1. The molecule has 1 N–H and O–H groups in total. The van der Waals surface area contributed by atoms with Crippen molar-refractivity contribution >= 4 is 10.8 Å². The highest BCUT2D eigenvalue weighted by Crippen LogP contribution is 2.30. The first-order chi connectivity index (χ1) is 14.6. The molecule has 0 bridgehead atoms. The highest BCUT2D eigenvalue weighted by Gasteiger charge is 2.21. The summed E-state index contributed by atoms with van der Waals surface area (Å²) in [7, 11) is 0. The summed E-state index contributed by atoms with van der Waals surface area (Å²) in [5.41, 5.74) is 0.755. The molecule has 5 heteroatoms. The number of piperidine rings is 1. The Hall–Kier alpha value is -2.50. The first kappa shape index (κ1) is 20.8. The van der Waals surface area contributed by atoms with E-state index in [0.29, 0.717) is 17.6 Å². The lowest BCUT2D eigenvalue weighted by atomic mass is 10.0. The second-order valence-electron chi connectivity index (χ2n) is 7.96. The molecule has 1 atom stereocenters. The Morgan fingerprint density at radius 2 is 1.67 bits per heavy atom. The van der Waals surface area contributed by atoms with Crippen LogP contribution in [0.25, 0.3) is 10.8 Å². The average Bonchev–Trinajstić information content (AvgIpc) is 2.76. The van der Waals surface area contributed by atoms with Gasteiger partial charge in [0.15, 0.2) is 0 Å². The molecule has 3 aromatic carbocycles. The fourth-order valence-electron chi connectivity index (χ4n) is 4.15. The van der Waals surface area contributed by atoms with Gasteiger partial charge in [0.2, 0.25) is 0 Å². The molecule has 0 saturated carbocycles. The SMILES string of the molecule is OC(CCCN1CCC(Oc2cccc3cccc(F)c23)CC1)c1ccc(F)cc1. The van der Waals surface area contributed by atoms with Crippen LogP contribution in [0, 0.1) is 11.6 Å². The second kappa shape index (κ2) is 9.54. The number of aliphatic hydroxyl groups is 1. The average molecular weight is 411 g/mol. The van der Waals surface area contributed by atoms with Crippen LogP contribution in [0.5, 0.6) is 5.75 Å². The van der Waals surface area contributed by atoms with Crippen molar-refractivity contribution < 1.29 is 18.6 Å². The molecule has 0 amide bonds. The number of halogens is 2. The number of fused-ring (bicyclic) bond motifs is 1. The number of aliphatic hydroxyl groups excluding tert-OH is 1. The Morgan fingerprint density at radius 1 is 0.967 bits per heavy atom. The molecule has 4 rings (SSSR count). The molecule has 0 radical (unpaired) electrons. The number of ether oxygens (including phenoxy) is 1. The van der Waals surface area contributed by atoms with Gasteiger partial charge < -0.3 is 14.7 Å². The smallest absolute Gasteiger partial charge is 0.134 e. The molecular weight excluding hydrogens is 384 g/mol. The van der Waals surface area contributed by atoms with Gasteiger partial charge in [-0.25, -0.2) is 8.78 Å². The van der Waals surface area contributed by atoms with Gasteiger partial charge in [0, 0.05) is 13.1 Å². The van der Waals surface area contributed by atoms with Crippen molar-refractivity contribution in [3.8, 4) is 5.75 Å². The van der Waals surface area contributed by atoms with Crippen LogP contribution < -0.4 is 4.74 Å². The van der Waals surface area contributed by atoms with E-state index in [1.807, 2.05) is 24.3 Å². The Labute approximate surface area is 175 Å². The van der Waals surface area contributed by atoms with Crippen molar-refractivity contribution in [3.05, 3.63) is 77.9 Å². The highest BCUT2D eigenvalue weighted by atomic mass is 19.1. The number of hydrogen-bond acceptors (Lipinski definition) is 3. The van der Waals surface area contributed by atoms with E-state index in [0.717, 1.165) is 49.8 Å². The molecule has 1 aliphatic rings. The van der Waals surface area contributed by atoms with E-state index < -0.39 is 6.10 Å². The van der Waals surface area contributed by atoms with Gasteiger partial charge >= 0.3 is 0 Å². The summed E-state index contributed by atoms with van der Waals surface area (Å²) in [5, 5.41) is 11.7. The molecule has 30 heavy (non-hydrogen) atoms. The summed E-state index contributed by atoms with van der Waals surface area (Å²) in [6, 6.07) is 16.8. The van der Waals surface area contributed by atoms with E-state index in [4.69, 9.17) is 4.74 Å². The van der Waals surface area contributed by atoms with Gasteiger partial charge in [0.25, 0.3) is 0 Å². The molecule has 1 heterocycles. The minimum absolute atomic E-state index is 0.0799. The fourth-order valence-corrected chi connectivity index (χ4v) is 4.15. The largest absolute Gasteiger partial charge is 0.490 e. The maximum absolute atomic E-state index is 14.3. The number of nitrogens with zero attached hydrogens (tertiary/aromatic N) is 1. The maximum atomic E-state index is 14.3. The van der Waals surface area contributed by atoms with Gasteiger partial charge in [-0.3, -0.25) is 0 Å². The lowest BCUT2D eigenvalue weighted by molar-refractivity contribution is 0.0953. The minimum Gasteiger partial charge on any atom is -0.490 e. The Kier molecular flexibility index (Phi) is 6.60. The van der Waals surface area contributed by atoms with Crippen molar-refractivity contribution in [1.29, 1.82) is 0 Å². The molecule has 1 aliphatic heterocycles. The summed E-state index contributed by atoms with van der Waals surface area (Å²) in [4.78, 5) is 2.38. The van der Waals surface area contributed by atoms with Crippen molar-refractivity contribution in [1.82, 2.24) is 4.90 Å². The summed E-state index contributed by atoms with van der Waals surface area (Å²) in [6.07, 6.45) is 2.83. The quantitative estimate of drug-likeness (QED) is 0.559. The van der Waals surface area contributed by atoms with Gasteiger partial charge in [-0.05, 0) is 67.4 Å². The molecule has 1 unspecified atom stereocenters. The van der Waals surface area contributed by atoms with Crippen LogP contribution in [0.15, 0.2) is 60.7 Å². The van der Waals surface area contributed by atoms with Crippen LogP contribution in [0.2, 0.25) is 0 Å². The van der Waals surface area contributed by atoms with Gasteiger partial charge in [0.1, 0.15) is 23.5 Å². The molecular formula is C25H27F2NO2. The fraction of sp³-hybridized carbons (Fsp3) is 0.360. The van der Waals surface area contributed by atoms with Crippen molar-refractivity contribution in [3.63, 3.8) is 0 Å². The predicted molar refractivity (Wildman–Crippen MR) is 115 cm³/mol. The van der Waals surface area contributed by atoms with Gasteiger partial charge in [-0.15, -0.1) is 0 Å². The van der Waals surface area contributed by atoms with Crippen molar-refractivity contribution in [2.24, 2.45) is 0 Å². The van der Waals surface area contributed by atoms with Crippen LogP contribution in [0.3, 0.4) is 0 Å². The molecule has 158 valence electrons. The minimum atomic E-state index is -0.562. The third-order valence-electron chi connectivity index (χ3n) is 5.85. The van der Waals surface area contributed by atoms with E-state index in [2.05, 4.69) is 4.90 Å². The van der Waals surface area contributed by atoms with Crippen LogP contribution in [0.4, 0.5) is 8.78 Å². The van der Waals surface area contributed by atoms with Crippen LogP contribution >= 0.6 is 0 Å². The van der Waals surface area contributed by atoms with Crippen molar-refractivity contribution in [2.45, 2.75) is 37.9 Å². The zero-order valence-corrected chi connectivity index (χ0v) is 16.9. The van der Waals surface area contributed by atoms with Crippen LogP contribution in [-0.2, 0) is 0 Å². The maximum Gasteiger partial charge on any atom is 0.134 e. The summed E-state index contributed by atoms with van der Waals surface area (Å²) >= 11 is 0. The first-order valence-corrected chi connectivity index (χ1v) is 10.6. The van der Waals surface area contributed by atoms with E-state index in [9.17, 15) is 13.9 Å². The van der Waals surface area contributed by atoms with E-state index in [-0.39, 0.29) is 17.7 Å². The molecule has 0 aromatic heterocycles. The summed E-state index contributed by atoms with van der Waals surface area (Å²) in [5.74, 6) is 0.0778. The number of rotatable bonds is 7. The lowest BCUT2D eigenvalue weighted by Crippen LogP contribution is -2.38. The number of benzene rings is 3. The summed E-state index contributed by atoms with van der Waals surface area (Å²) in [6.45, 7) is 2.75. The monoisotopic (exact) mass is 411 g/mol. The molecule has 0 aliphatic carbocycles. The van der Waals surface area contributed by atoms with Gasteiger partial charge in [-0.1, -0.05) is 36.4 Å². The molecule has 3 aromatic rings. The topological polar surface area (TPSA) is 32.7 Å². The third-order valence-corrected chi connectivity index (χ3v) is 5.85. The zero-order valence-electron chi connectivity index (χ0n) is 16.9. The number of hydrogen-bond donors (Lipinski definition) is 1. The predicted octanol–water partition coefficient (Wildman–Crippen LogP) is 5.48. The first-order valence-electron chi connectivity index (χ1n) is 10.6. The van der Waals surface area contributed by atoms with Gasteiger partial charge in [-0.2, -0.15) is 0 Å². The zero-order chi connectivity index (χ0) is 20.9. The van der Waals surface area contributed by atoms with E-state index in [1.165, 1.54) is 18.2 Å². The molecule has 0 spiro atoms. The van der Waals surface area contributed by atoms with Crippen molar-refractivity contribution in [2.75, 3.05) is 19.6 Å². The Bertz CT molecular complexity index is 963. The van der Waals surface area contributed by atoms with E-state index >= 15 is 0 Å². The second-order valence-corrected chi connectivity index (χ2v) is 7.96. The Balaban J connectivity index is 1.24. The molecule has 1 saturated heterocycles. The molecule has 3 nitrogen and oxygen atoms in total. The van der Waals surface area contributed by atoms with Crippen LogP contribution in [-0.4, -0.2) is 35.7 Å². The Morgan fingerprint density at radius 3 is 2.40 bits per heavy atom. The summed E-state index contributed by atoms with van der Waals surface area (Å²) < 4.78 is 33.4. The third kappa shape index (κ3) is 4.97.